The van der Waals surface area contributed by atoms with Gasteiger partial charge in [-0.25, -0.2) is 0 Å². The third-order valence-electron chi connectivity index (χ3n) is 3.30. The van der Waals surface area contributed by atoms with E-state index in [-0.39, 0.29) is 6.61 Å². The van der Waals surface area contributed by atoms with Gasteiger partial charge in [0.25, 0.3) is 0 Å². The zero-order chi connectivity index (χ0) is 16.5. The highest BCUT2D eigenvalue weighted by Gasteiger charge is 2.14. The average molecular weight is 340 g/mol. The molecule has 2 rings (SSSR count). The summed E-state index contributed by atoms with van der Waals surface area (Å²) in [5, 5.41) is 10.9. The van der Waals surface area contributed by atoms with Crippen molar-refractivity contribution in [1.82, 2.24) is 4.90 Å². The smallest absolute Gasteiger partial charge is 0.119 e. The molecule has 2 aromatic rings. The third-order valence-corrected chi connectivity index (χ3v) is 3.55. The maximum atomic E-state index is 10.2. The second kappa shape index (κ2) is 9.57. The van der Waals surface area contributed by atoms with Crippen LogP contribution in [-0.2, 0) is 11.3 Å². The first-order chi connectivity index (χ1) is 11.2. The lowest BCUT2D eigenvalue weighted by Crippen LogP contribution is -2.37. The normalized spacial score (nSPS) is 12.5. The molecule has 6 heteroatoms. The number of rotatable bonds is 10. The lowest BCUT2D eigenvalue weighted by Gasteiger charge is -2.24. The van der Waals surface area contributed by atoms with Crippen LogP contribution >= 0.6 is 11.6 Å². The summed E-state index contributed by atoms with van der Waals surface area (Å²) in [6.07, 6.45) is 1.03. The van der Waals surface area contributed by atoms with Crippen molar-refractivity contribution in [2.45, 2.75) is 12.6 Å². The van der Waals surface area contributed by atoms with Gasteiger partial charge >= 0.3 is 0 Å². The number of ether oxygens (including phenoxy) is 2. The van der Waals surface area contributed by atoms with Crippen LogP contribution in [-0.4, -0.2) is 49.5 Å². The van der Waals surface area contributed by atoms with Crippen molar-refractivity contribution in [3.05, 3.63) is 53.4 Å². The Labute approximate surface area is 141 Å². The molecule has 1 atom stereocenters. The Bertz CT molecular complexity index is 544. The van der Waals surface area contributed by atoms with E-state index in [1.54, 1.807) is 37.6 Å². The quantitative estimate of drug-likeness (QED) is 0.721. The van der Waals surface area contributed by atoms with Gasteiger partial charge in [-0.3, -0.25) is 4.90 Å². The van der Waals surface area contributed by atoms with Crippen LogP contribution in [0.3, 0.4) is 0 Å². The molecule has 126 valence electrons. The monoisotopic (exact) mass is 339 g/mol. The fraction of sp³-hybridized carbons (Fsp3) is 0.412. The predicted octanol–water partition coefficient (Wildman–Crippen LogP) is 2.82. The number of aliphatic hydroxyl groups excluding tert-OH is 1. The molecular formula is C17H22ClNO4. The number of aliphatic hydroxyl groups is 1. The SMILES string of the molecule is COCCN(Cc1ccco1)C[C@@H](O)COc1ccc(Cl)cc1. The van der Waals surface area contributed by atoms with Crippen LogP contribution in [0.2, 0.25) is 5.02 Å². The van der Waals surface area contributed by atoms with Gasteiger partial charge in [0.05, 0.1) is 19.4 Å². The van der Waals surface area contributed by atoms with Crippen molar-refractivity contribution in [3.8, 4) is 5.75 Å². The highest BCUT2D eigenvalue weighted by atomic mass is 35.5. The Kier molecular flexibility index (Phi) is 7.42. The highest BCUT2D eigenvalue weighted by Crippen LogP contribution is 2.15. The Morgan fingerprint density at radius 3 is 2.70 bits per heavy atom. The summed E-state index contributed by atoms with van der Waals surface area (Å²) in [6, 6.07) is 10.8. The van der Waals surface area contributed by atoms with Crippen molar-refractivity contribution in [2.75, 3.05) is 33.4 Å². The summed E-state index contributed by atoms with van der Waals surface area (Å²) in [7, 11) is 1.66. The maximum absolute atomic E-state index is 10.2. The van der Waals surface area contributed by atoms with Gasteiger partial charge in [0.1, 0.15) is 24.2 Å². The molecule has 0 spiro atoms. The summed E-state index contributed by atoms with van der Waals surface area (Å²) < 4.78 is 16.0. The molecule has 0 radical (unpaired) electrons. The molecular weight excluding hydrogens is 318 g/mol. The molecule has 5 nitrogen and oxygen atoms in total. The summed E-state index contributed by atoms with van der Waals surface area (Å²) in [6.45, 7) is 2.59. The van der Waals surface area contributed by atoms with Crippen LogP contribution in [0.1, 0.15) is 5.76 Å². The van der Waals surface area contributed by atoms with Crippen molar-refractivity contribution in [2.24, 2.45) is 0 Å². The fourth-order valence-corrected chi connectivity index (χ4v) is 2.28. The standard InChI is InChI=1S/C17H22ClNO4/c1-21-10-8-19(12-17-3-2-9-22-17)11-15(20)13-23-16-6-4-14(18)5-7-16/h2-7,9,15,20H,8,10-13H2,1H3/t15-/m1/s1. The second-order valence-electron chi connectivity index (χ2n) is 5.23. The number of furan rings is 1. The third kappa shape index (κ3) is 6.62. The van der Waals surface area contributed by atoms with Crippen LogP contribution in [0.4, 0.5) is 0 Å². The van der Waals surface area contributed by atoms with Gasteiger partial charge in [-0.2, -0.15) is 0 Å². The van der Waals surface area contributed by atoms with Crippen LogP contribution in [0, 0.1) is 0 Å². The van der Waals surface area contributed by atoms with Gasteiger partial charge in [-0.1, -0.05) is 11.6 Å². The number of nitrogens with zero attached hydrogens (tertiary/aromatic N) is 1. The molecule has 1 aromatic heterocycles. The number of halogens is 1. The molecule has 0 unspecified atom stereocenters. The molecule has 0 fully saturated rings. The molecule has 0 aliphatic heterocycles. The molecule has 0 bridgehead atoms. The summed E-state index contributed by atoms with van der Waals surface area (Å²) >= 11 is 5.83. The van der Waals surface area contributed by atoms with E-state index in [1.807, 2.05) is 12.1 Å². The van der Waals surface area contributed by atoms with Gasteiger partial charge in [-0.15, -0.1) is 0 Å². The van der Waals surface area contributed by atoms with Crippen molar-refractivity contribution in [3.63, 3.8) is 0 Å². The van der Waals surface area contributed by atoms with Gasteiger partial charge in [0.2, 0.25) is 0 Å². The number of benzene rings is 1. The first kappa shape index (κ1) is 17.8. The first-order valence-corrected chi connectivity index (χ1v) is 7.85. The van der Waals surface area contributed by atoms with E-state index in [9.17, 15) is 5.11 Å². The van der Waals surface area contributed by atoms with Gasteiger partial charge in [-0.05, 0) is 36.4 Å². The highest BCUT2D eigenvalue weighted by molar-refractivity contribution is 6.30. The Hall–Kier alpha value is -1.53. The van der Waals surface area contributed by atoms with E-state index in [0.29, 0.717) is 37.0 Å². The van der Waals surface area contributed by atoms with Crippen LogP contribution in [0.25, 0.3) is 0 Å². The summed E-state index contributed by atoms with van der Waals surface area (Å²) in [4.78, 5) is 2.07. The Balaban J connectivity index is 1.81. The fourth-order valence-electron chi connectivity index (χ4n) is 2.15. The minimum Gasteiger partial charge on any atom is -0.491 e. The molecule has 0 aliphatic carbocycles. The van der Waals surface area contributed by atoms with Gasteiger partial charge in [0.15, 0.2) is 0 Å². The van der Waals surface area contributed by atoms with E-state index in [1.165, 1.54) is 0 Å². The Morgan fingerprint density at radius 2 is 2.04 bits per heavy atom. The van der Waals surface area contributed by atoms with E-state index in [2.05, 4.69) is 4.90 Å². The van der Waals surface area contributed by atoms with Crippen molar-refractivity contribution >= 4 is 11.6 Å². The zero-order valence-corrected chi connectivity index (χ0v) is 13.9. The average Bonchev–Trinajstić information content (AvgIpc) is 3.05. The van der Waals surface area contributed by atoms with E-state index in [0.717, 1.165) is 5.76 Å². The van der Waals surface area contributed by atoms with Gasteiger partial charge < -0.3 is 19.0 Å². The number of hydrogen-bond acceptors (Lipinski definition) is 5. The molecule has 1 N–H and O–H groups in total. The van der Waals surface area contributed by atoms with Crippen LogP contribution < -0.4 is 4.74 Å². The molecule has 1 heterocycles. The van der Waals surface area contributed by atoms with E-state index < -0.39 is 6.10 Å². The first-order valence-electron chi connectivity index (χ1n) is 7.47. The topological polar surface area (TPSA) is 55.1 Å². The summed E-state index contributed by atoms with van der Waals surface area (Å²) in [5.74, 6) is 1.54. The maximum Gasteiger partial charge on any atom is 0.119 e. The van der Waals surface area contributed by atoms with Crippen molar-refractivity contribution < 1.29 is 19.0 Å². The molecule has 0 aliphatic rings. The van der Waals surface area contributed by atoms with Crippen molar-refractivity contribution in [1.29, 1.82) is 0 Å². The minimum absolute atomic E-state index is 0.212. The lowest BCUT2D eigenvalue weighted by atomic mass is 10.3. The predicted molar refractivity (Wildman–Crippen MR) is 88.8 cm³/mol. The summed E-state index contributed by atoms with van der Waals surface area (Å²) in [5.41, 5.74) is 0. The molecule has 23 heavy (non-hydrogen) atoms. The molecule has 1 aromatic carbocycles. The lowest BCUT2D eigenvalue weighted by molar-refractivity contribution is 0.0517. The largest absolute Gasteiger partial charge is 0.491 e. The van der Waals surface area contributed by atoms with Gasteiger partial charge in [0, 0.05) is 25.2 Å². The van der Waals surface area contributed by atoms with Crippen LogP contribution in [0.5, 0.6) is 5.75 Å². The molecule has 0 saturated heterocycles. The van der Waals surface area contributed by atoms with E-state index >= 15 is 0 Å². The number of hydrogen-bond donors (Lipinski definition) is 1. The zero-order valence-electron chi connectivity index (χ0n) is 13.2. The second-order valence-corrected chi connectivity index (χ2v) is 5.66. The van der Waals surface area contributed by atoms with Crippen LogP contribution in [0.15, 0.2) is 47.1 Å². The molecule has 0 amide bonds. The number of methoxy groups -OCH3 is 1. The van der Waals surface area contributed by atoms with E-state index in [4.69, 9.17) is 25.5 Å². The molecule has 0 saturated carbocycles. The Morgan fingerprint density at radius 1 is 1.26 bits per heavy atom. The minimum atomic E-state index is -0.613.